The summed E-state index contributed by atoms with van der Waals surface area (Å²) < 4.78 is 27.8. The molecule has 0 saturated carbocycles. The number of hydrogen-bond acceptors (Lipinski definition) is 6. The molecule has 30 heavy (non-hydrogen) atoms. The number of nitrogens with zero attached hydrogens (tertiary/aromatic N) is 3. The van der Waals surface area contributed by atoms with E-state index < -0.39 is 21.8 Å². The molecule has 0 aliphatic carbocycles. The minimum atomic E-state index is -3.69. The lowest BCUT2D eigenvalue weighted by Crippen LogP contribution is -2.30. The summed E-state index contributed by atoms with van der Waals surface area (Å²) in [7, 11) is -3.69. The molecule has 0 atom stereocenters. The molecule has 0 saturated heterocycles. The topological polar surface area (TPSA) is 87.7 Å². The molecule has 3 heterocycles. The molecule has 154 valence electrons. The van der Waals surface area contributed by atoms with Crippen molar-refractivity contribution in [3.05, 3.63) is 82.5 Å². The third kappa shape index (κ3) is 3.67. The fourth-order valence-corrected chi connectivity index (χ4v) is 6.21. The van der Waals surface area contributed by atoms with E-state index in [4.69, 9.17) is 0 Å². The molecule has 0 spiro atoms. The minimum absolute atomic E-state index is 0.0129. The second-order valence-electron chi connectivity index (χ2n) is 6.73. The molecule has 2 amide bonds. The van der Waals surface area contributed by atoms with Gasteiger partial charge in [0.25, 0.3) is 21.8 Å². The highest BCUT2D eigenvalue weighted by Gasteiger charge is 2.37. The van der Waals surface area contributed by atoms with Crippen LogP contribution in [0.1, 0.15) is 38.2 Å². The van der Waals surface area contributed by atoms with Gasteiger partial charge in [0.05, 0.1) is 12.1 Å². The van der Waals surface area contributed by atoms with Gasteiger partial charge in [-0.15, -0.1) is 11.3 Å². The largest absolute Gasteiger partial charge is 0.280 e. The summed E-state index contributed by atoms with van der Waals surface area (Å²) in [6.45, 7) is 2.41. The Bertz CT molecular complexity index is 1170. The monoisotopic (exact) mass is 441 g/mol. The van der Waals surface area contributed by atoms with Gasteiger partial charge in [-0.2, -0.15) is 4.31 Å². The van der Waals surface area contributed by atoms with Crippen molar-refractivity contribution in [3.8, 4) is 0 Å². The van der Waals surface area contributed by atoms with Crippen molar-refractivity contribution < 1.29 is 18.0 Å². The van der Waals surface area contributed by atoms with Gasteiger partial charge < -0.3 is 0 Å². The predicted octanol–water partition coefficient (Wildman–Crippen LogP) is 3.15. The van der Waals surface area contributed by atoms with Gasteiger partial charge in [0, 0.05) is 24.2 Å². The van der Waals surface area contributed by atoms with Crippen LogP contribution >= 0.6 is 11.3 Å². The van der Waals surface area contributed by atoms with Gasteiger partial charge in [-0.25, -0.2) is 8.42 Å². The average Bonchev–Trinajstić information content (AvgIpc) is 3.33. The maximum atomic E-state index is 13.1. The maximum Gasteiger partial charge on any atom is 0.280 e. The molecular weight excluding hydrogens is 422 g/mol. The van der Waals surface area contributed by atoms with Crippen molar-refractivity contribution in [2.24, 2.45) is 0 Å². The number of benzene rings is 1. The van der Waals surface area contributed by atoms with Crippen LogP contribution in [0.15, 0.2) is 65.0 Å². The number of pyridine rings is 1. The van der Waals surface area contributed by atoms with Gasteiger partial charge in [0.1, 0.15) is 9.90 Å². The van der Waals surface area contributed by atoms with Crippen molar-refractivity contribution in [2.45, 2.75) is 24.2 Å². The number of carbonyl (C=O) groups excluding carboxylic acids is 2. The van der Waals surface area contributed by atoms with E-state index in [2.05, 4.69) is 4.98 Å². The van der Waals surface area contributed by atoms with E-state index >= 15 is 0 Å². The number of carbonyl (C=O) groups is 2. The predicted molar refractivity (Wildman–Crippen MR) is 112 cm³/mol. The first-order valence-electron chi connectivity index (χ1n) is 9.36. The molecule has 1 aliphatic rings. The lowest BCUT2D eigenvalue weighted by molar-refractivity contribution is 0.0642. The third-order valence-electron chi connectivity index (χ3n) is 4.83. The fourth-order valence-electron chi connectivity index (χ4n) is 3.28. The van der Waals surface area contributed by atoms with Crippen LogP contribution in [0.4, 0.5) is 0 Å². The van der Waals surface area contributed by atoms with E-state index in [1.807, 2.05) is 30.3 Å². The highest BCUT2D eigenvalue weighted by molar-refractivity contribution is 7.91. The number of aromatic nitrogens is 1. The van der Waals surface area contributed by atoms with Gasteiger partial charge in [-0.3, -0.25) is 19.5 Å². The van der Waals surface area contributed by atoms with Gasteiger partial charge in [0.15, 0.2) is 0 Å². The van der Waals surface area contributed by atoms with E-state index in [1.165, 1.54) is 16.6 Å². The van der Waals surface area contributed by atoms with Crippen LogP contribution < -0.4 is 0 Å². The molecular formula is C21H19N3O4S2. The van der Waals surface area contributed by atoms with Crippen molar-refractivity contribution >= 4 is 33.2 Å². The molecule has 7 nitrogen and oxygen atoms in total. The number of hydrogen-bond donors (Lipinski definition) is 0. The molecule has 0 bridgehead atoms. The van der Waals surface area contributed by atoms with E-state index in [1.54, 1.807) is 25.1 Å². The Morgan fingerprint density at radius 2 is 1.77 bits per heavy atom. The summed E-state index contributed by atoms with van der Waals surface area (Å²) in [5.41, 5.74) is 1.30. The summed E-state index contributed by atoms with van der Waals surface area (Å²) in [6, 6.07) is 15.7. The normalized spacial score (nSPS) is 13.9. The van der Waals surface area contributed by atoms with Crippen LogP contribution in [0, 0.1) is 0 Å². The van der Waals surface area contributed by atoms with Gasteiger partial charge in [-0.1, -0.05) is 37.3 Å². The zero-order valence-electron chi connectivity index (χ0n) is 16.2. The molecule has 1 aromatic carbocycles. The molecule has 0 fully saturated rings. The van der Waals surface area contributed by atoms with Crippen LogP contribution in [0.5, 0.6) is 0 Å². The standard InChI is InChI=1S/C21H19N3O4S2/c1-2-23(13-15-7-4-3-5-8-15)30(27,28)18-11-10-16(29-18)14-24-20(25)17-9-6-12-22-19(17)21(24)26/h3-12H,2,13-14H2,1H3. The number of imide groups is 1. The SMILES string of the molecule is CCN(Cc1ccccc1)S(=O)(=O)c1ccc(CN2C(=O)c3cccnc3C2=O)s1. The van der Waals surface area contributed by atoms with E-state index in [0.29, 0.717) is 11.4 Å². The van der Waals surface area contributed by atoms with Crippen LogP contribution in [-0.2, 0) is 23.1 Å². The van der Waals surface area contributed by atoms with Gasteiger partial charge >= 0.3 is 0 Å². The average molecular weight is 442 g/mol. The number of thiophene rings is 1. The van der Waals surface area contributed by atoms with Gasteiger partial charge in [0.2, 0.25) is 0 Å². The third-order valence-corrected chi connectivity index (χ3v) is 8.29. The zero-order chi connectivity index (χ0) is 21.3. The first-order chi connectivity index (χ1) is 14.4. The lowest BCUT2D eigenvalue weighted by Gasteiger charge is -2.19. The van der Waals surface area contributed by atoms with Crippen molar-refractivity contribution in [1.29, 1.82) is 0 Å². The Morgan fingerprint density at radius 1 is 1.00 bits per heavy atom. The molecule has 0 radical (unpaired) electrons. The number of amides is 2. The number of rotatable bonds is 7. The summed E-state index contributed by atoms with van der Waals surface area (Å²) in [6.07, 6.45) is 1.47. The highest BCUT2D eigenvalue weighted by Crippen LogP contribution is 2.29. The Morgan fingerprint density at radius 3 is 2.47 bits per heavy atom. The molecule has 4 rings (SSSR count). The minimum Gasteiger partial charge on any atom is -0.268 e. The van der Waals surface area contributed by atoms with Crippen molar-refractivity contribution in [3.63, 3.8) is 0 Å². The molecule has 1 aliphatic heterocycles. The fraction of sp³-hybridized carbons (Fsp3) is 0.190. The van der Waals surface area contributed by atoms with Crippen molar-refractivity contribution in [1.82, 2.24) is 14.2 Å². The van der Waals surface area contributed by atoms with Crippen LogP contribution in [0.3, 0.4) is 0 Å². The van der Waals surface area contributed by atoms with E-state index in [-0.39, 0.29) is 28.6 Å². The summed E-state index contributed by atoms with van der Waals surface area (Å²) >= 11 is 1.07. The Labute approximate surface area is 178 Å². The van der Waals surface area contributed by atoms with E-state index in [9.17, 15) is 18.0 Å². The van der Waals surface area contributed by atoms with Crippen molar-refractivity contribution in [2.75, 3.05) is 6.54 Å². The maximum absolute atomic E-state index is 13.1. The first kappa shape index (κ1) is 20.4. The Hall–Kier alpha value is -2.88. The molecule has 9 heteroatoms. The second kappa shape index (κ2) is 8.10. The van der Waals surface area contributed by atoms with Crippen LogP contribution in [0.2, 0.25) is 0 Å². The summed E-state index contributed by atoms with van der Waals surface area (Å²) in [4.78, 5) is 30.7. The first-order valence-corrected chi connectivity index (χ1v) is 11.6. The Kier molecular flexibility index (Phi) is 5.50. The number of fused-ring (bicyclic) bond motifs is 1. The molecule has 0 N–H and O–H groups in total. The Balaban J connectivity index is 1.54. The quantitative estimate of drug-likeness (QED) is 0.526. The lowest BCUT2D eigenvalue weighted by atomic mass is 10.2. The smallest absolute Gasteiger partial charge is 0.268 e. The molecule has 3 aromatic rings. The molecule has 2 aromatic heterocycles. The van der Waals surface area contributed by atoms with Gasteiger partial charge in [-0.05, 0) is 29.8 Å². The summed E-state index contributed by atoms with van der Waals surface area (Å²) in [5.74, 6) is -0.882. The zero-order valence-corrected chi connectivity index (χ0v) is 17.8. The highest BCUT2D eigenvalue weighted by atomic mass is 32.2. The van der Waals surface area contributed by atoms with E-state index in [0.717, 1.165) is 21.8 Å². The summed E-state index contributed by atoms with van der Waals surface area (Å²) in [5, 5.41) is 0. The molecule has 0 unspecified atom stereocenters. The number of sulfonamides is 1. The van der Waals surface area contributed by atoms with Crippen LogP contribution in [-0.4, -0.2) is 41.0 Å². The van der Waals surface area contributed by atoms with Crippen LogP contribution in [0.25, 0.3) is 0 Å². The second-order valence-corrected chi connectivity index (χ2v) is 10.1.